The zero-order valence-corrected chi connectivity index (χ0v) is 20.8. The lowest BCUT2D eigenvalue weighted by molar-refractivity contribution is -0.148. The van der Waals surface area contributed by atoms with Crippen LogP contribution in [0.1, 0.15) is 57.6 Å². The van der Waals surface area contributed by atoms with E-state index in [2.05, 4.69) is 10.6 Å². The molecule has 3 N–H and O–H groups in total. The first-order chi connectivity index (χ1) is 16.2. The Morgan fingerprint density at radius 3 is 2.62 bits per heavy atom. The van der Waals surface area contributed by atoms with Crippen LogP contribution in [0.25, 0.3) is 0 Å². The lowest BCUT2D eigenvalue weighted by Crippen LogP contribution is -2.56. The number of hydrogen-bond donors (Lipinski definition) is 3. The van der Waals surface area contributed by atoms with Crippen LogP contribution in [0.3, 0.4) is 0 Å². The number of nitrogens with zero attached hydrogens (tertiary/aromatic N) is 1. The van der Waals surface area contributed by atoms with E-state index in [1.54, 1.807) is 6.92 Å². The molecule has 4 rings (SSSR count). The number of aliphatic hydroxyl groups is 1. The minimum atomic E-state index is -1.09. The molecule has 3 amide bonds. The molecule has 3 fully saturated rings. The molecular formula is C26H37N3O5. The van der Waals surface area contributed by atoms with Gasteiger partial charge in [0, 0.05) is 12.2 Å². The molecule has 2 unspecified atom stereocenters. The number of anilines is 1. The van der Waals surface area contributed by atoms with E-state index in [-0.39, 0.29) is 24.3 Å². The largest absolute Gasteiger partial charge is 0.394 e. The summed E-state index contributed by atoms with van der Waals surface area (Å²) in [6, 6.07) is 4.31. The molecule has 3 saturated heterocycles. The second kappa shape index (κ2) is 8.96. The highest BCUT2D eigenvalue weighted by Crippen LogP contribution is 2.64. The van der Waals surface area contributed by atoms with Crippen LogP contribution in [-0.4, -0.2) is 64.2 Å². The van der Waals surface area contributed by atoms with Crippen molar-refractivity contribution in [3.8, 4) is 0 Å². The quantitative estimate of drug-likeness (QED) is 0.539. The summed E-state index contributed by atoms with van der Waals surface area (Å²) < 4.78 is 6.69. The Bertz CT molecular complexity index is 997. The van der Waals surface area contributed by atoms with Crippen molar-refractivity contribution in [1.29, 1.82) is 0 Å². The first-order valence-corrected chi connectivity index (χ1v) is 12.4. The van der Waals surface area contributed by atoms with Gasteiger partial charge in [0.25, 0.3) is 0 Å². The number of nitrogens with one attached hydrogen (secondary N) is 2. The average Bonchev–Trinajstić information content (AvgIpc) is 3.43. The first kappa shape index (κ1) is 24.7. The minimum absolute atomic E-state index is 0.184. The van der Waals surface area contributed by atoms with Gasteiger partial charge in [-0.15, -0.1) is 0 Å². The van der Waals surface area contributed by atoms with E-state index >= 15 is 0 Å². The molecule has 6 atom stereocenters. The van der Waals surface area contributed by atoms with Gasteiger partial charge in [0.2, 0.25) is 17.7 Å². The van der Waals surface area contributed by atoms with Crippen molar-refractivity contribution in [3.05, 3.63) is 29.3 Å². The number of hydrogen-bond acceptors (Lipinski definition) is 5. The summed E-state index contributed by atoms with van der Waals surface area (Å²) >= 11 is 0. The Morgan fingerprint density at radius 1 is 1.24 bits per heavy atom. The third-order valence-electron chi connectivity index (χ3n) is 8.09. The van der Waals surface area contributed by atoms with Gasteiger partial charge in [0.1, 0.15) is 11.6 Å². The number of likely N-dealkylation sites (tertiary alicyclic amines) is 1. The molecule has 186 valence electrons. The van der Waals surface area contributed by atoms with Crippen molar-refractivity contribution in [2.24, 2.45) is 11.8 Å². The van der Waals surface area contributed by atoms with Gasteiger partial charge in [-0.2, -0.15) is 0 Å². The summed E-state index contributed by atoms with van der Waals surface area (Å²) in [5, 5.41) is 15.9. The van der Waals surface area contributed by atoms with Crippen LogP contribution in [0.15, 0.2) is 18.2 Å². The molecular weight excluding hydrogens is 434 g/mol. The highest BCUT2D eigenvalue weighted by molar-refractivity contribution is 6.04. The molecule has 34 heavy (non-hydrogen) atoms. The summed E-state index contributed by atoms with van der Waals surface area (Å²) in [6.45, 7) is 9.79. The molecule has 2 bridgehead atoms. The van der Waals surface area contributed by atoms with Crippen LogP contribution in [-0.2, 0) is 19.1 Å². The summed E-state index contributed by atoms with van der Waals surface area (Å²) in [6.07, 6.45) is 2.51. The molecule has 0 saturated carbocycles. The monoisotopic (exact) mass is 471 g/mol. The molecule has 0 aromatic heterocycles. The maximum Gasteiger partial charge on any atom is 0.250 e. The highest BCUT2D eigenvalue weighted by atomic mass is 16.5. The fraction of sp³-hybridized carbons (Fsp3) is 0.654. The van der Waals surface area contributed by atoms with Crippen LogP contribution < -0.4 is 10.6 Å². The number of benzene rings is 1. The smallest absolute Gasteiger partial charge is 0.250 e. The van der Waals surface area contributed by atoms with Gasteiger partial charge in [0.15, 0.2) is 0 Å². The fourth-order valence-electron chi connectivity index (χ4n) is 6.35. The number of carbonyl (C=O) groups excluding carboxylic acids is 3. The lowest BCUT2D eigenvalue weighted by Gasteiger charge is -2.36. The topological polar surface area (TPSA) is 108 Å². The van der Waals surface area contributed by atoms with E-state index in [1.165, 1.54) is 4.90 Å². The number of carbonyl (C=O) groups is 3. The van der Waals surface area contributed by atoms with E-state index in [0.717, 1.165) is 17.5 Å². The molecule has 1 aromatic rings. The average molecular weight is 472 g/mol. The summed E-state index contributed by atoms with van der Waals surface area (Å²) in [7, 11) is 0. The van der Waals surface area contributed by atoms with Crippen LogP contribution in [0.5, 0.6) is 0 Å². The van der Waals surface area contributed by atoms with Crippen molar-refractivity contribution < 1.29 is 24.2 Å². The molecule has 3 aliphatic rings. The van der Waals surface area contributed by atoms with Crippen molar-refractivity contribution in [2.45, 2.75) is 83.6 Å². The molecule has 1 spiro atoms. The molecule has 8 nitrogen and oxygen atoms in total. The summed E-state index contributed by atoms with van der Waals surface area (Å²) in [4.78, 5) is 42.5. The number of ether oxygens (including phenoxy) is 1. The predicted octanol–water partition coefficient (Wildman–Crippen LogP) is 2.30. The number of amides is 3. The Balaban J connectivity index is 1.77. The summed E-state index contributed by atoms with van der Waals surface area (Å²) in [5.41, 5.74) is 0.758. The number of aryl methyl sites for hydroxylation is 2. The molecule has 3 heterocycles. The molecule has 0 radical (unpaired) electrons. The molecule has 8 heteroatoms. The van der Waals surface area contributed by atoms with Gasteiger partial charge in [-0.05, 0) is 63.6 Å². The molecule has 0 aliphatic carbocycles. The Hall–Kier alpha value is -2.45. The number of rotatable bonds is 8. The van der Waals surface area contributed by atoms with Crippen LogP contribution in [0.2, 0.25) is 0 Å². The maximum atomic E-state index is 13.9. The normalized spacial score (nSPS) is 32.6. The van der Waals surface area contributed by atoms with E-state index in [4.69, 9.17) is 4.74 Å². The summed E-state index contributed by atoms with van der Waals surface area (Å²) in [5.74, 6) is -2.21. The van der Waals surface area contributed by atoms with E-state index in [9.17, 15) is 19.5 Å². The first-order valence-electron chi connectivity index (χ1n) is 12.4. The minimum Gasteiger partial charge on any atom is -0.394 e. The maximum absolute atomic E-state index is 13.9. The van der Waals surface area contributed by atoms with Gasteiger partial charge in [-0.25, -0.2) is 0 Å². The zero-order valence-electron chi connectivity index (χ0n) is 20.8. The van der Waals surface area contributed by atoms with E-state index < -0.39 is 35.1 Å². The zero-order chi connectivity index (χ0) is 24.8. The third kappa shape index (κ3) is 3.53. The number of aliphatic hydroxyl groups excluding tert-OH is 1. The Morgan fingerprint density at radius 2 is 1.97 bits per heavy atom. The highest BCUT2D eigenvalue weighted by Gasteiger charge is 2.78. The van der Waals surface area contributed by atoms with Crippen molar-refractivity contribution in [3.63, 3.8) is 0 Å². The van der Waals surface area contributed by atoms with Gasteiger partial charge in [-0.1, -0.05) is 26.0 Å². The van der Waals surface area contributed by atoms with E-state index in [1.807, 2.05) is 45.9 Å². The Kier molecular flexibility index (Phi) is 6.50. The second-order valence-corrected chi connectivity index (χ2v) is 10.2. The fourth-order valence-corrected chi connectivity index (χ4v) is 6.35. The second-order valence-electron chi connectivity index (χ2n) is 10.2. The predicted molar refractivity (Wildman–Crippen MR) is 128 cm³/mol. The Labute approximate surface area is 201 Å². The lowest BCUT2D eigenvalue weighted by atomic mass is 9.65. The van der Waals surface area contributed by atoms with Crippen molar-refractivity contribution in [1.82, 2.24) is 10.2 Å². The third-order valence-corrected chi connectivity index (χ3v) is 8.09. The van der Waals surface area contributed by atoms with Gasteiger partial charge in [0.05, 0.1) is 30.1 Å². The molecule has 1 aromatic carbocycles. The van der Waals surface area contributed by atoms with Gasteiger partial charge >= 0.3 is 0 Å². The SMILES string of the molecule is CCCNC(=O)[C@H]1[C@H]2C(=O)N([C@H](C)CO)C(C(=O)Nc3cc(C)ccc3C)C23CC[C@]1(CC)O3. The standard InChI is InChI=1S/C26H37N3O5/c1-6-12-27-22(31)19-20-24(33)29(17(5)14-30)21(26(20)11-10-25(19,7-2)34-26)23(32)28-18-13-15(3)8-9-16(18)4/h8-9,13,17,19-21,30H,6-7,10-12,14H2,1-5H3,(H,27,31)(H,28,32)/t17-,19-,20+,21?,25+,26?/m1/s1. The van der Waals surface area contributed by atoms with Crippen LogP contribution in [0, 0.1) is 25.7 Å². The van der Waals surface area contributed by atoms with Gasteiger partial charge < -0.3 is 25.4 Å². The molecule has 3 aliphatic heterocycles. The number of fused-ring (bicyclic) bond motifs is 1. The van der Waals surface area contributed by atoms with Crippen molar-refractivity contribution >= 4 is 23.4 Å². The van der Waals surface area contributed by atoms with Crippen molar-refractivity contribution in [2.75, 3.05) is 18.5 Å². The van der Waals surface area contributed by atoms with Gasteiger partial charge in [-0.3, -0.25) is 14.4 Å². The van der Waals surface area contributed by atoms with E-state index in [0.29, 0.717) is 31.5 Å². The van der Waals surface area contributed by atoms with Crippen LogP contribution >= 0.6 is 0 Å². The van der Waals surface area contributed by atoms with Crippen LogP contribution in [0.4, 0.5) is 5.69 Å².